The molecule has 6 heteroatoms. The molecule has 2 amide bonds. The molecule has 1 N–H and O–H groups in total. The zero-order valence-electron chi connectivity index (χ0n) is 16.3. The minimum atomic E-state index is -0.915. The van der Waals surface area contributed by atoms with E-state index in [4.69, 9.17) is 0 Å². The Morgan fingerprint density at radius 2 is 1.74 bits per heavy atom. The lowest BCUT2D eigenvalue weighted by Gasteiger charge is -2.45. The van der Waals surface area contributed by atoms with Gasteiger partial charge in [0.15, 0.2) is 0 Å². The number of carboxylic acid groups (broad SMARTS) is 1. The number of aryl methyl sites for hydroxylation is 3. The van der Waals surface area contributed by atoms with E-state index in [0.29, 0.717) is 38.8 Å². The number of carbonyl (C=O) groups excluding carboxylic acids is 2. The van der Waals surface area contributed by atoms with Crippen LogP contribution in [0.5, 0.6) is 0 Å². The fraction of sp³-hybridized carbons (Fsp3) is 0.571. The van der Waals surface area contributed by atoms with Crippen molar-refractivity contribution in [3.05, 3.63) is 34.9 Å². The zero-order chi connectivity index (χ0) is 19.8. The summed E-state index contributed by atoms with van der Waals surface area (Å²) in [5.74, 6) is -1.61. The summed E-state index contributed by atoms with van der Waals surface area (Å²) in [5, 5.41) is 9.54. The Hall–Kier alpha value is -2.37. The molecule has 0 bridgehead atoms. The normalized spacial score (nSPS) is 21.7. The van der Waals surface area contributed by atoms with Gasteiger partial charge in [-0.05, 0) is 38.7 Å². The topological polar surface area (TPSA) is 77.9 Å². The molecule has 0 unspecified atom stereocenters. The third-order valence-corrected chi connectivity index (χ3v) is 6.26. The maximum absolute atomic E-state index is 12.6. The summed E-state index contributed by atoms with van der Waals surface area (Å²) in [6.07, 6.45) is 2.28. The maximum Gasteiger partial charge on any atom is 0.309 e. The van der Waals surface area contributed by atoms with E-state index in [2.05, 4.69) is 32.0 Å². The van der Waals surface area contributed by atoms with Crippen LogP contribution in [0.1, 0.15) is 42.4 Å². The van der Waals surface area contributed by atoms with Crippen molar-refractivity contribution in [2.45, 2.75) is 51.5 Å². The minimum absolute atomic E-state index is 0.0620. The number of likely N-dealkylation sites (tertiary alicyclic amines) is 2. The van der Waals surface area contributed by atoms with Crippen LogP contribution < -0.4 is 0 Å². The molecular weight excluding hydrogens is 344 g/mol. The van der Waals surface area contributed by atoms with E-state index in [0.717, 1.165) is 0 Å². The first-order valence-electron chi connectivity index (χ1n) is 9.57. The molecule has 0 saturated carbocycles. The van der Waals surface area contributed by atoms with E-state index in [1.165, 1.54) is 16.7 Å². The van der Waals surface area contributed by atoms with Gasteiger partial charge in [0.1, 0.15) is 0 Å². The molecule has 2 fully saturated rings. The summed E-state index contributed by atoms with van der Waals surface area (Å²) in [7, 11) is 1.70. The second-order valence-corrected chi connectivity index (χ2v) is 8.03. The number of aliphatic carboxylic acids is 1. The number of hydrogen-bond donors (Lipinski definition) is 1. The molecule has 2 aliphatic heterocycles. The fourth-order valence-electron chi connectivity index (χ4n) is 4.75. The standard InChI is InChI=1S/C21H28N2O4/c1-14-10-15(2)12-16(11-14)4-5-18(24)23-8-6-21(7-9-23)17(20(26)27)13-19(25)22(21)3/h10-12,17H,4-9,13H2,1-3H3,(H,26,27)/t17-/m1/s1. The predicted octanol–water partition coefficient (Wildman–Crippen LogP) is 2.16. The van der Waals surface area contributed by atoms with Gasteiger partial charge in [0, 0.05) is 33.0 Å². The Labute approximate surface area is 160 Å². The second-order valence-electron chi connectivity index (χ2n) is 8.03. The van der Waals surface area contributed by atoms with Crippen LogP contribution in [0.3, 0.4) is 0 Å². The van der Waals surface area contributed by atoms with E-state index < -0.39 is 17.4 Å². The number of rotatable bonds is 4. The van der Waals surface area contributed by atoms with Crippen LogP contribution in [0.25, 0.3) is 0 Å². The predicted molar refractivity (Wildman–Crippen MR) is 101 cm³/mol. The average Bonchev–Trinajstić information content (AvgIpc) is 2.85. The molecule has 1 aromatic rings. The first kappa shape index (κ1) is 19.4. The Morgan fingerprint density at radius 3 is 2.30 bits per heavy atom. The lowest BCUT2D eigenvalue weighted by Crippen LogP contribution is -2.57. The Kier molecular flexibility index (Phi) is 5.27. The Bertz CT molecular complexity index is 745. The average molecular weight is 372 g/mol. The molecule has 0 aromatic heterocycles. The van der Waals surface area contributed by atoms with Crippen molar-refractivity contribution in [1.29, 1.82) is 0 Å². The third-order valence-electron chi connectivity index (χ3n) is 6.26. The molecule has 146 valence electrons. The van der Waals surface area contributed by atoms with E-state index in [-0.39, 0.29) is 18.2 Å². The van der Waals surface area contributed by atoms with Crippen LogP contribution in [0, 0.1) is 19.8 Å². The molecule has 1 atom stereocenters. The highest BCUT2D eigenvalue weighted by Gasteiger charge is 2.55. The van der Waals surface area contributed by atoms with E-state index >= 15 is 0 Å². The van der Waals surface area contributed by atoms with Gasteiger partial charge in [-0.1, -0.05) is 29.3 Å². The fourth-order valence-corrected chi connectivity index (χ4v) is 4.75. The molecule has 0 aliphatic carbocycles. The van der Waals surface area contributed by atoms with Gasteiger partial charge in [-0.15, -0.1) is 0 Å². The first-order valence-corrected chi connectivity index (χ1v) is 9.57. The van der Waals surface area contributed by atoms with Gasteiger partial charge in [-0.2, -0.15) is 0 Å². The number of hydrogen-bond acceptors (Lipinski definition) is 3. The zero-order valence-corrected chi connectivity index (χ0v) is 16.3. The number of carbonyl (C=O) groups is 3. The summed E-state index contributed by atoms with van der Waals surface area (Å²) < 4.78 is 0. The number of benzene rings is 1. The molecule has 0 radical (unpaired) electrons. The highest BCUT2D eigenvalue weighted by Crippen LogP contribution is 2.42. The maximum atomic E-state index is 12.6. The van der Waals surface area contributed by atoms with Crippen LogP contribution in [0.15, 0.2) is 18.2 Å². The van der Waals surface area contributed by atoms with Gasteiger partial charge >= 0.3 is 5.97 Å². The SMILES string of the molecule is Cc1cc(C)cc(CCC(=O)N2CCC3(CC2)[C@@H](C(=O)O)CC(=O)N3C)c1. The van der Waals surface area contributed by atoms with Gasteiger partial charge in [0.2, 0.25) is 11.8 Å². The van der Waals surface area contributed by atoms with Crippen molar-refractivity contribution in [2.75, 3.05) is 20.1 Å². The highest BCUT2D eigenvalue weighted by atomic mass is 16.4. The van der Waals surface area contributed by atoms with Gasteiger partial charge in [0.05, 0.1) is 11.5 Å². The number of amides is 2. The van der Waals surface area contributed by atoms with E-state index in [1.54, 1.807) is 11.9 Å². The quantitative estimate of drug-likeness (QED) is 0.879. The number of nitrogens with zero attached hydrogens (tertiary/aromatic N) is 2. The second kappa shape index (κ2) is 7.33. The van der Waals surface area contributed by atoms with Gasteiger partial charge in [0.25, 0.3) is 0 Å². The summed E-state index contributed by atoms with van der Waals surface area (Å²) in [6, 6.07) is 6.34. The molecule has 2 heterocycles. The number of piperidine rings is 1. The highest BCUT2D eigenvalue weighted by molar-refractivity contribution is 5.88. The van der Waals surface area contributed by atoms with Gasteiger partial charge < -0.3 is 14.9 Å². The first-order chi connectivity index (χ1) is 12.7. The van der Waals surface area contributed by atoms with Crippen LogP contribution in [-0.2, 0) is 20.8 Å². The lowest BCUT2D eigenvalue weighted by atomic mass is 9.77. The monoisotopic (exact) mass is 372 g/mol. The molecule has 6 nitrogen and oxygen atoms in total. The molecule has 1 aromatic carbocycles. The Morgan fingerprint density at radius 1 is 1.15 bits per heavy atom. The van der Waals surface area contributed by atoms with Crippen molar-refractivity contribution in [2.24, 2.45) is 5.92 Å². The van der Waals surface area contributed by atoms with Crippen molar-refractivity contribution >= 4 is 17.8 Å². The van der Waals surface area contributed by atoms with Crippen molar-refractivity contribution in [3.63, 3.8) is 0 Å². The smallest absolute Gasteiger partial charge is 0.309 e. The molecule has 3 rings (SSSR count). The van der Waals surface area contributed by atoms with Gasteiger partial charge in [-0.3, -0.25) is 14.4 Å². The van der Waals surface area contributed by atoms with Gasteiger partial charge in [-0.25, -0.2) is 0 Å². The van der Waals surface area contributed by atoms with Crippen LogP contribution in [0.4, 0.5) is 0 Å². The van der Waals surface area contributed by atoms with E-state index in [1.807, 2.05) is 4.90 Å². The number of carboxylic acids is 1. The molecule has 2 aliphatic rings. The Balaban J connectivity index is 1.60. The largest absolute Gasteiger partial charge is 0.481 e. The molecule has 27 heavy (non-hydrogen) atoms. The van der Waals surface area contributed by atoms with Crippen LogP contribution >= 0.6 is 0 Å². The summed E-state index contributed by atoms with van der Waals surface area (Å²) in [6.45, 7) is 5.13. The van der Waals surface area contributed by atoms with Crippen molar-refractivity contribution in [1.82, 2.24) is 9.80 Å². The summed E-state index contributed by atoms with van der Waals surface area (Å²) in [5.41, 5.74) is 2.92. The van der Waals surface area contributed by atoms with Crippen molar-refractivity contribution < 1.29 is 19.5 Å². The third kappa shape index (κ3) is 3.70. The van der Waals surface area contributed by atoms with Crippen LogP contribution in [-0.4, -0.2) is 58.4 Å². The minimum Gasteiger partial charge on any atom is -0.481 e. The summed E-state index contributed by atoms with van der Waals surface area (Å²) >= 11 is 0. The molecule has 2 saturated heterocycles. The molecular formula is C21H28N2O4. The lowest BCUT2D eigenvalue weighted by molar-refractivity contribution is -0.147. The summed E-state index contributed by atoms with van der Waals surface area (Å²) in [4.78, 5) is 39.8. The molecule has 1 spiro atoms. The van der Waals surface area contributed by atoms with E-state index in [9.17, 15) is 19.5 Å². The van der Waals surface area contributed by atoms with Crippen LogP contribution in [0.2, 0.25) is 0 Å². The van der Waals surface area contributed by atoms with Crippen molar-refractivity contribution in [3.8, 4) is 0 Å².